The Morgan fingerprint density at radius 2 is 1.74 bits per heavy atom. The van der Waals surface area contributed by atoms with E-state index in [1.807, 2.05) is 0 Å². The van der Waals surface area contributed by atoms with Crippen molar-refractivity contribution in [3.05, 3.63) is 76.9 Å². The fourth-order valence-electron chi connectivity index (χ4n) is 4.23. The Labute approximate surface area is 187 Å². The second-order valence-corrected chi connectivity index (χ2v) is 12.2. The van der Waals surface area contributed by atoms with Crippen LogP contribution in [0.1, 0.15) is 65.9 Å². The number of hydrogen-bond acceptors (Lipinski definition) is 0. The van der Waals surface area contributed by atoms with Crippen LogP contribution in [-0.2, 0) is 22.8 Å². The molecular weight excluding hydrogens is 450 g/mol. The molecule has 4 rings (SSSR count). The van der Waals surface area contributed by atoms with Crippen LogP contribution < -0.4 is 24.8 Å². The van der Waals surface area contributed by atoms with Gasteiger partial charge in [-0.2, -0.15) is 0 Å². The molecule has 1 atom stereocenters. The summed E-state index contributed by atoms with van der Waals surface area (Å²) in [6, 6.07) is 13.9. The second kappa shape index (κ2) is 9.17. The normalized spacial score (nSPS) is 16.0. The summed E-state index contributed by atoms with van der Waals surface area (Å²) in [4.78, 5) is 0. The molecule has 0 spiro atoms. The van der Waals surface area contributed by atoms with Crippen LogP contribution in [-0.4, -0.2) is 3.21 Å². The van der Waals surface area contributed by atoms with Crippen molar-refractivity contribution >= 4 is 8.78 Å². The summed E-state index contributed by atoms with van der Waals surface area (Å²) in [5.74, 6) is 0.559. The topological polar surface area (TPSA) is 0 Å². The molecule has 0 heterocycles. The summed E-state index contributed by atoms with van der Waals surface area (Å²) in [7, 11) is 0. The molecule has 2 aromatic rings. The number of fused-ring (bicyclic) bond motifs is 3. The molecule has 0 N–H and O–H groups in total. The number of benzene rings is 2. The zero-order valence-electron chi connectivity index (χ0n) is 16.3. The van der Waals surface area contributed by atoms with Crippen molar-refractivity contribution in [3.8, 4) is 11.1 Å². The van der Waals surface area contributed by atoms with Crippen molar-refractivity contribution < 1.29 is 47.6 Å². The fraction of sp³-hybridized carbons (Fsp3) is 0.292. The third-order valence-corrected chi connectivity index (χ3v) is 8.88. The molecule has 2 aliphatic carbocycles. The predicted octanol–water partition coefficient (Wildman–Crippen LogP) is 0.526. The van der Waals surface area contributed by atoms with Crippen LogP contribution in [0.15, 0.2) is 54.6 Å². The van der Waals surface area contributed by atoms with Crippen LogP contribution in [0, 0.1) is 0 Å². The number of rotatable bonds is 3. The van der Waals surface area contributed by atoms with Crippen molar-refractivity contribution in [2.75, 3.05) is 0 Å². The van der Waals surface area contributed by atoms with Crippen LogP contribution in [0.2, 0.25) is 0 Å². The van der Waals surface area contributed by atoms with E-state index in [2.05, 4.69) is 82.3 Å². The minimum absolute atomic E-state index is 0. The number of halogens is 2. The van der Waals surface area contributed by atoms with Crippen molar-refractivity contribution in [1.29, 1.82) is 0 Å². The van der Waals surface area contributed by atoms with Crippen LogP contribution in [0.4, 0.5) is 0 Å². The van der Waals surface area contributed by atoms with Crippen molar-refractivity contribution in [3.63, 3.8) is 0 Å². The SMILES string of the molecule is C[C](C)=[Zr+2][CH]1c2ccccc2-c2ccc(C(C)C)c(C3=CC=CC3)c21.[Cl-].[Cl-]. The van der Waals surface area contributed by atoms with Crippen LogP contribution in [0.5, 0.6) is 0 Å². The molecule has 0 amide bonds. The van der Waals surface area contributed by atoms with Gasteiger partial charge in [0.25, 0.3) is 0 Å². The molecule has 0 saturated carbocycles. The Balaban J connectivity index is 0.00000131. The monoisotopic (exact) mass is 473 g/mol. The molecule has 0 fully saturated rings. The van der Waals surface area contributed by atoms with Crippen LogP contribution in [0.25, 0.3) is 16.7 Å². The average molecular weight is 476 g/mol. The number of hydrogen-bond donors (Lipinski definition) is 0. The Bertz CT molecular complexity index is 931. The van der Waals surface area contributed by atoms with E-state index in [0.29, 0.717) is 9.54 Å². The van der Waals surface area contributed by atoms with Crippen LogP contribution >= 0.6 is 0 Å². The second-order valence-electron chi connectivity index (χ2n) is 7.63. The predicted molar refractivity (Wildman–Crippen MR) is 106 cm³/mol. The summed E-state index contributed by atoms with van der Waals surface area (Å²) in [5, 5.41) is 0. The molecule has 27 heavy (non-hydrogen) atoms. The van der Waals surface area contributed by atoms with Gasteiger partial charge in [0.05, 0.1) is 0 Å². The molecule has 3 heteroatoms. The molecular formula is C24H25Cl2Zr. The molecule has 0 saturated heterocycles. The first-order valence-corrected chi connectivity index (χ1v) is 11.9. The molecule has 1 unspecified atom stereocenters. The van der Waals surface area contributed by atoms with Crippen molar-refractivity contribution in [2.24, 2.45) is 0 Å². The molecule has 2 aliphatic rings. The van der Waals surface area contributed by atoms with Gasteiger partial charge in [-0.1, -0.05) is 0 Å². The zero-order chi connectivity index (χ0) is 17.6. The minimum atomic E-state index is -0.640. The summed E-state index contributed by atoms with van der Waals surface area (Å²) < 4.78 is 2.34. The first-order valence-electron chi connectivity index (χ1n) is 9.26. The quantitative estimate of drug-likeness (QED) is 0.608. The van der Waals surface area contributed by atoms with E-state index in [1.54, 1.807) is 19.9 Å². The maximum atomic E-state index is 2.40. The van der Waals surface area contributed by atoms with E-state index < -0.39 is 22.8 Å². The molecule has 0 radical (unpaired) electrons. The maximum Gasteiger partial charge on any atom is -1.00 e. The van der Waals surface area contributed by atoms with Crippen molar-refractivity contribution in [2.45, 2.75) is 43.7 Å². The van der Waals surface area contributed by atoms with Gasteiger partial charge < -0.3 is 24.8 Å². The smallest absolute Gasteiger partial charge is 1.00 e. The Morgan fingerprint density at radius 3 is 2.37 bits per heavy atom. The van der Waals surface area contributed by atoms with Gasteiger partial charge in [-0.25, -0.2) is 0 Å². The summed E-state index contributed by atoms with van der Waals surface area (Å²) in [6.07, 6.45) is 7.95. The van der Waals surface area contributed by atoms with Crippen LogP contribution in [0.3, 0.4) is 0 Å². The number of allylic oxidation sites excluding steroid dienone is 4. The Kier molecular flexibility index (Phi) is 7.65. The Hall–Kier alpha value is -0.747. The third kappa shape index (κ3) is 4.02. The van der Waals surface area contributed by atoms with Gasteiger partial charge in [-0.15, -0.1) is 0 Å². The Morgan fingerprint density at radius 1 is 1.00 bits per heavy atom. The minimum Gasteiger partial charge on any atom is -1.00 e. The summed E-state index contributed by atoms with van der Waals surface area (Å²) in [6.45, 7) is 9.36. The first kappa shape index (κ1) is 22.5. The summed E-state index contributed by atoms with van der Waals surface area (Å²) in [5.41, 5.74) is 10.8. The largest absolute Gasteiger partial charge is 1.00 e. The van der Waals surface area contributed by atoms with E-state index in [9.17, 15) is 0 Å². The van der Waals surface area contributed by atoms with E-state index in [-0.39, 0.29) is 24.8 Å². The zero-order valence-corrected chi connectivity index (χ0v) is 20.3. The van der Waals surface area contributed by atoms with Gasteiger partial charge in [0.1, 0.15) is 0 Å². The van der Waals surface area contributed by atoms with Gasteiger partial charge in [-0.3, -0.25) is 0 Å². The van der Waals surface area contributed by atoms with E-state index in [4.69, 9.17) is 0 Å². The standard InChI is InChI=1S/C21H19.C3H6.2ClH.Zr/c1-14(2)17-11-12-19-18-10-6-5-9-16(18)13-20(19)21(17)15-7-3-4-8-15;1-3-2;;;/h3-7,9-14H,8H2,1-2H3;1-2H3;2*1H;/q;;;;+2/p-2. The molecule has 0 aromatic heterocycles. The van der Waals surface area contributed by atoms with Crippen molar-refractivity contribution in [1.82, 2.24) is 0 Å². The molecule has 0 nitrogen and oxygen atoms in total. The van der Waals surface area contributed by atoms with Gasteiger partial charge in [-0.05, 0) is 0 Å². The summed E-state index contributed by atoms with van der Waals surface area (Å²) >= 11 is -0.640. The average Bonchev–Trinajstić information content (AvgIpc) is 3.21. The maximum absolute atomic E-state index is 2.40. The van der Waals surface area contributed by atoms with Gasteiger partial charge in [0.15, 0.2) is 0 Å². The van der Waals surface area contributed by atoms with E-state index in [0.717, 1.165) is 6.42 Å². The molecule has 2 aromatic carbocycles. The third-order valence-electron chi connectivity index (χ3n) is 5.28. The van der Waals surface area contributed by atoms with Gasteiger partial charge >= 0.3 is 163 Å². The van der Waals surface area contributed by atoms with Gasteiger partial charge in [0, 0.05) is 0 Å². The fourth-order valence-corrected chi connectivity index (χ4v) is 7.74. The van der Waals surface area contributed by atoms with E-state index in [1.165, 1.54) is 22.3 Å². The van der Waals surface area contributed by atoms with E-state index >= 15 is 0 Å². The molecule has 0 bridgehead atoms. The molecule has 139 valence electrons. The first-order chi connectivity index (χ1) is 12.1. The van der Waals surface area contributed by atoms with Gasteiger partial charge in [0.2, 0.25) is 0 Å². The molecule has 0 aliphatic heterocycles.